The molecule has 0 saturated heterocycles. The number of halogens is 1. The molecule has 0 spiro atoms. The lowest BCUT2D eigenvalue weighted by Crippen LogP contribution is -2.23. The van der Waals surface area contributed by atoms with Gasteiger partial charge in [0.2, 0.25) is 0 Å². The monoisotopic (exact) mass is 520 g/mol. The fourth-order valence-electron chi connectivity index (χ4n) is 3.44. The number of benzene rings is 1. The minimum atomic E-state index is -0.0859. The van der Waals surface area contributed by atoms with Crippen molar-refractivity contribution in [3.05, 3.63) is 67.5 Å². The summed E-state index contributed by atoms with van der Waals surface area (Å²) in [4.78, 5) is 19.0. The van der Waals surface area contributed by atoms with Gasteiger partial charge in [0, 0.05) is 11.1 Å². The third kappa shape index (κ3) is 4.56. The highest BCUT2D eigenvalue weighted by atomic mass is 127. The lowest BCUT2D eigenvalue weighted by Gasteiger charge is -2.12. The van der Waals surface area contributed by atoms with E-state index in [9.17, 15) is 4.79 Å². The molecule has 5 nitrogen and oxygen atoms in total. The summed E-state index contributed by atoms with van der Waals surface area (Å²) < 4.78 is 11.7. The normalized spacial score (nSPS) is 13.4. The van der Waals surface area contributed by atoms with E-state index in [2.05, 4.69) is 27.9 Å². The van der Waals surface area contributed by atoms with Crippen LogP contribution in [0.5, 0.6) is 5.75 Å². The Morgan fingerprint density at radius 1 is 1.34 bits per heavy atom. The van der Waals surface area contributed by atoms with E-state index in [0.717, 1.165) is 56.0 Å². The first-order chi connectivity index (χ1) is 14.2. The van der Waals surface area contributed by atoms with Crippen LogP contribution in [-0.2, 0) is 19.4 Å². The Bertz CT molecular complexity index is 1040. The van der Waals surface area contributed by atoms with E-state index >= 15 is 0 Å². The predicted octanol–water partition coefficient (Wildman–Crippen LogP) is 5.51. The van der Waals surface area contributed by atoms with Crippen LogP contribution < -0.4 is 10.1 Å². The van der Waals surface area contributed by atoms with Crippen molar-refractivity contribution in [1.82, 2.24) is 5.32 Å². The highest BCUT2D eigenvalue weighted by Crippen LogP contribution is 2.40. The van der Waals surface area contributed by atoms with Gasteiger partial charge in [0.15, 0.2) is 0 Å². The zero-order valence-corrected chi connectivity index (χ0v) is 19.0. The fourth-order valence-corrected chi connectivity index (χ4v) is 5.43. The summed E-state index contributed by atoms with van der Waals surface area (Å²) in [5, 5.41) is 3.76. The molecule has 0 unspecified atom stereocenters. The molecule has 0 atom stereocenters. The van der Waals surface area contributed by atoms with Crippen LogP contribution in [0.3, 0.4) is 0 Å². The van der Waals surface area contributed by atoms with E-state index in [0.29, 0.717) is 6.54 Å². The van der Waals surface area contributed by atoms with Crippen LogP contribution in [0.2, 0.25) is 0 Å². The molecular weight excluding hydrogens is 499 g/mol. The third-order valence-electron chi connectivity index (χ3n) is 4.89. The molecule has 0 radical (unpaired) electrons. The van der Waals surface area contributed by atoms with Crippen LogP contribution in [-0.4, -0.2) is 19.2 Å². The largest absolute Gasteiger partial charge is 0.496 e. The second-order valence-corrected chi connectivity index (χ2v) is 9.05. The second kappa shape index (κ2) is 9.13. The van der Waals surface area contributed by atoms with Crippen LogP contribution in [0.4, 0.5) is 5.00 Å². The van der Waals surface area contributed by atoms with Gasteiger partial charge in [0.25, 0.3) is 5.91 Å². The van der Waals surface area contributed by atoms with Gasteiger partial charge in [-0.3, -0.25) is 4.79 Å². The van der Waals surface area contributed by atoms with Crippen molar-refractivity contribution >= 4 is 51.1 Å². The number of ether oxygens (including phenoxy) is 1. The number of amides is 1. The topological polar surface area (TPSA) is 63.8 Å². The Hall–Kier alpha value is -2.13. The van der Waals surface area contributed by atoms with Gasteiger partial charge in [0.1, 0.15) is 16.5 Å². The molecule has 3 aromatic rings. The Kier molecular flexibility index (Phi) is 6.34. The SMILES string of the molecule is COc1ccc(/C=N\c2sc3c(c2C(=O)NCc2ccco2)CCCC3)cc1I. The van der Waals surface area contributed by atoms with E-state index in [1.165, 1.54) is 11.3 Å². The third-order valence-corrected chi connectivity index (χ3v) is 6.93. The fraction of sp³-hybridized carbons (Fsp3) is 0.273. The quantitative estimate of drug-likeness (QED) is 0.344. The van der Waals surface area contributed by atoms with E-state index in [4.69, 9.17) is 14.1 Å². The first-order valence-electron chi connectivity index (χ1n) is 9.48. The number of hydrogen-bond acceptors (Lipinski definition) is 5. The summed E-state index contributed by atoms with van der Waals surface area (Å²) in [6, 6.07) is 9.59. The van der Waals surface area contributed by atoms with Gasteiger partial charge in [-0.2, -0.15) is 0 Å². The molecule has 0 bridgehead atoms. The highest BCUT2D eigenvalue weighted by molar-refractivity contribution is 14.1. The number of hydrogen-bond donors (Lipinski definition) is 1. The van der Waals surface area contributed by atoms with Crippen molar-refractivity contribution < 1.29 is 13.9 Å². The number of rotatable bonds is 6. The number of furan rings is 1. The van der Waals surface area contributed by atoms with Crippen LogP contribution in [0.1, 0.15) is 45.0 Å². The molecule has 1 aliphatic carbocycles. The summed E-state index contributed by atoms with van der Waals surface area (Å²) in [6.07, 6.45) is 7.67. The lowest BCUT2D eigenvalue weighted by atomic mass is 9.95. The molecule has 1 N–H and O–H groups in total. The number of aryl methyl sites for hydroxylation is 1. The van der Waals surface area contributed by atoms with E-state index in [-0.39, 0.29) is 5.91 Å². The summed E-state index contributed by atoms with van der Waals surface area (Å²) in [5.74, 6) is 1.49. The minimum Gasteiger partial charge on any atom is -0.496 e. The van der Waals surface area contributed by atoms with Crippen LogP contribution in [0.25, 0.3) is 0 Å². The first-order valence-corrected chi connectivity index (χ1v) is 11.4. The number of fused-ring (bicyclic) bond motifs is 1. The molecule has 7 heteroatoms. The van der Waals surface area contributed by atoms with Crippen LogP contribution in [0, 0.1) is 3.57 Å². The lowest BCUT2D eigenvalue weighted by molar-refractivity contribution is 0.0948. The molecule has 2 aromatic heterocycles. The van der Waals surface area contributed by atoms with Gasteiger partial charge in [-0.1, -0.05) is 0 Å². The number of aliphatic imine (C=N–C) groups is 1. The molecule has 1 aromatic carbocycles. The van der Waals surface area contributed by atoms with Crippen molar-refractivity contribution in [3.8, 4) is 5.75 Å². The zero-order valence-electron chi connectivity index (χ0n) is 16.0. The Morgan fingerprint density at radius 3 is 2.97 bits per heavy atom. The molecular formula is C22H21IN2O3S. The van der Waals surface area contributed by atoms with Crippen molar-refractivity contribution in [2.75, 3.05) is 7.11 Å². The maximum absolute atomic E-state index is 13.0. The molecule has 0 aliphatic heterocycles. The van der Waals surface area contributed by atoms with Crippen LogP contribution in [0.15, 0.2) is 46.0 Å². The Balaban J connectivity index is 1.61. The standard InChI is InChI=1S/C22H21IN2O3S/c1-27-18-9-8-14(11-17(18)23)12-25-22-20(16-6-2-3-7-19(16)29-22)21(26)24-13-15-5-4-10-28-15/h4-5,8-12H,2-3,6-7,13H2,1H3,(H,24,26)/b25-12-. The molecule has 29 heavy (non-hydrogen) atoms. The maximum atomic E-state index is 13.0. The summed E-state index contributed by atoms with van der Waals surface area (Å²) in [7, 11) is 1.66. The first kappa shape index (κ1) is 20.2. The molecule has 1 aliphatic rings. The number of nitrogens with one attached hydrogen (secondary N) is 1. The number of carbonyl (C=O) groups excluding carboxylic acids is 1. The Morgan fingerprint density at radius 2 is 2.21 bits per heavy atom. The zero-order chi connectivity index (χ0) is 20.2. The second-order valence-electron chi connectivity index (χ2n) is 6.81. The smallest absolute Gasteiger partial charge is 0.255 e. The average molecular weight is 520 g/mol. The summed E-state index contributed by atoms with van der Waals surface area (Å²) in [5.41, 5.74) is 2.86. The predicted molar refractivity (Wildman–Crippen MR) is 124 cm³/mol. The van der Waals surface area contributed by atoms with Crippen molar-refractivity contribution in [2.45, 2.75) is 32.2 Å². The van der Waals surface area contributed by atoms with Crippen molar-refractivity contribution in [1.29, 1.82) is 0 Å². The maximum Gasteiger partial charge on any atom is 0.255 e. The van der Waals surface area contributed by atoms with E-state index in [1.54, 1.807) is 24.7 Å². The van der Waals surface area contributed by atoms with Gasteiger partial charge < -0.3 is 14.5 Å². The van der Waals surface area contributed by atoms with Gasteiger partial charge in [-0.05, 0) is 89.7 Å². The molecule has 150 valence electrons. The molecule has 0 saturated carbocycles. The minimum absolute atomic E-state index is 0.0859. The van der Waals surface area contributed by atoms with Crippen molar-refractivity contribution in [2.24, 2.45) is 4.99 Å². The molecule has 0 fully saturated rings. The van der Waals surface area contributed by atoms with E-state index < -0.39 is 0 Å². The average Bonchev–Trinajstić information content (AvgIpc) is 3.38. The molecule has 4 rings (SSSR count). The summed E-state index contributed by atoms with van der Waals surface area (Å²) >= 11 is 3.88. The van der Waals surface area contributed by atoms with Gasteiger partial charge in [0.05, 0.1) is 29.1 Å². The Labute approximate surface area is 187 Å². The number of nitrogens with zero attached hydrogens (tertiary/aromatic N) is 1. The van der Waals surface area contributed by atoms with E-state index in [1.807, 2.05) is 36.5 Å². The van der Waals surface area contributed by atoms with Gasteiger partial charge >= 0.3 is 0 Å². The number of thiophene rings is 1. The molecule has 1 amide bonds. The number of carbonyl (C=O) groups is 1. The molecule has 2 heterocycles. The van der Waals surface area contributed by atoms with Crippen molar-refractivity contribution in [3.63, 3.8) is 0 Å². The van der Waals surface area contributed by atoms with Crippen LogP contribution >= 0.6 is 33.9 Å². The van der Waals surface area contributed by atoms with Gasteiger partial charge in [-0.25, -0.2) is 4.99 Å². The number of methoxy groups -OCH3 is 1. The van der Waals surface area contributed by atoms with Gasteiger partial charge in [-0.15, -0.1) is 11.3 Å². The summed E-state index contributed by atoms with van der Waals surface area (Å²) in [6.45, 7) is 0.371. The highest BCUT2D eigenvalue weighted by Gasteiger charge is 2.25.